The van der Waals surface area contributed by atoms with Crippen LogP contribution in [0.25, 0.3) is 16.0 Å². The Bertz CT molecular complexity index is 1260. The predicted molar refractivity (Wildman–Crippen MR) is 133 cm³/mol. The van der Waals surface area contributed by atoms with Gasteiger partial charge < -0.3 is 14.4 Å². The highest BCUT2D eigenvalue weighted by molar-refractivity contribution is 6.43. The molecule has 1 saturated heterocycles. The van der Waals surface area contributed by atoms with Crippen LogP contribution in [0.15, 0.2) is 59.7 Å². The fraction of sp³-hybridized carbons (Fsp3) is 0.370. The highest BCUT2D eigenvalue weighted by atomic mass is 16.6. The topological polar surface area (TPSA) is 122 Å². The number of amides is 2. The second-order valence-corrected chi connectivity index (χ2v) is 10.00. The van der Waals surface area contributed by atoms with Crippen molar-refractivity contribution in [3.05, 3.63) is 81.7 Å². The molecule has 2 aromatic rings. The maximum atomic E-state index is 12.5. The summed E-state index contributed by atoms with van der Waals surface area (Å²) in [6.07, 6.45) is 3.71. The molecule has 0 saturated carbocycles. The molecular weight excluding hydrogens is 460 g/mol. The first-order chi connectivity index (χ1) is 17.1. The number of Topliss-reactive ketones (excluding diaryl/α,β-unsaturated/α-hetero) is 1. The number of para-hydroxylation sites is 1. The molecule has 0 radical (unpaired) electrons. The Labute approximate surface area is 209 Å². The maximum Gasteiger partial charge on any atom is 0.410 e. The number of carbonyl (C=O) groups is 3. The first-order valence-electron chi connectivity index (χ1n) is 11.8. The minimum Gasteiger partial charge on any atom is -0.482 e. The third-order valence-corrected chi connectivity index (χ3v) is 6.19. The third-order valence-electron chi connectivity index (χ3n) is 6.19. The van der Waals surface area contributed by atoms with Crippen molar-refractivity contribution in [1.82, 2.24) is 4.90 Å². The van der Waals surface area contributed by atoms with Crippen molar-refractivity contribution in [3.63, 3.8) is 0 Å². The lowest BCUT2D eigenvalue weighted by Gasteiger charge is -2.43. The molecule has 2 amide bonds. The number of piperidine rings is 1. The second-order valence-electron chi connectivity index (χ2n) is 10.00. The zero-order chi connectivity index (χ0) is 25.9. The van der Waals surface area contributed by atoms with Crippen LogP contribution in [0.4, 0.5) is 4.79 Å². The number of allylic oxidation sites excluding steroid dienone is 1. The van der Waals surface area contributed by atoms with Crippen LogP contribution < -0.4 is 4.74 Å². The number of hydrogen-bond donors (Lipinski definition) is 0. The van der Waals surface area contributed by atoms with Gasteiger partial charge in [0.2, 0.25) is 5.78 Å². The average Bonchev–Trinajstić information content (AvgIpc) is 2.83. The van der Waals surface area contributed by atoms with Crippen LogP contribution >= 0.6 is 0 Å². The first-order valence-corrected chi connectivity index (χ1v) is 11.8. The van der Waals surface area contributed by atoms with Gasteiger partial charge in [0.15, 0.2) is 0 Å². The Kier molecular flexibility index (Phi) is 6.86. The molecule has 0 N–H and O–H groups in total. The van der Waals surface area contributed by atoms with E-state index in [0.29, 0.717) is 32.4 Å². The summed E-state index contributed by atoms with van der Waals surface area (Å²) < 4.78 is 12.0. The van der Waals surface area contributed by atoms with Gasteiger partial charge in [-0.3, -0.25) is 9.59 Å². The number of likely N-dealkylation sites (tertiary alicyclic amines) is 1. The van der Waals surface area contributed by atoms with Gasteiger partial charge in [0.05, 0.1) is 0 Å². The number of rotatable bonds is 4. The highest BCUT2D eigenvalue weighted by Crippen LogP contribution is 2.42. The molecule has 36 heavy (non-hydrogen) atoms. The van der Waals surface area contributed by atoms with Crippen LogP contribution in [0.2, 0.25) is 0 Å². The van der Waals surface area contributed by atoms with E-state index in [4.69, 9.17) is 15.0 Å². The van der Waals surface area contributed by atoms with E-state index in [1.54, 1.807) is 29.2 Å². The van der Waals surface area contributed by atoms with Gasteiger partial charge in [0.1, 0.15) is 17.0 Å². The van der Waals surface area contributed by atoms with Crippen LogP contribution in [-0.2, 0) is 16.0 Å². The molecule has 0 bridgehead atoms. The Balaban J connectivity index is 1.54. The Morgan fingerprint density at radius 2 is 1.75 bits per heavy atom. The monoisotopic (exact) mass is 488 g/mol. The van der Waals surface area contributed by atoms with Gasteiger partial charge in [-0.15, -0.1) is 0 Å². The minimum atomic E-state index is -1.13. The van der Waals surface area contributed by atoms with Crippen LogP contribution in [0.1, 0.15) is 55.1 Å². The van der Waals surface area contributed by atoms with Crippen LogP contribution in [-0.4, -0.2) is 47.0 Å². The number of azide groups is 1. The molecule has 0 atom stereocenters. The number of hydrogen-bond acceptors (Lipinski definition) is 5. The van der Waals surface area contributed by atoms with E-state index < -0.39 is 22.9 Å². The lowest BCUT2D eigenvalue weighted by molar-refractivity contribution is -0.114. The molecule has 2 heterocycles. The van der Waals surface area contributed by atoms with E-state index in [0.717, 1.165) is 22.4 Å². The van der Waals surface area contributed by atoms with Gasteiger partial charge in [-0.05, 0) is 61.1 Å². The summed E-state index contributed by atoms with van der Waals surface area (Å²) in [5.74, 6) is -1.18. The second kappa shape index (κ2) is 9.87. The molecule has 0 aromatic heterocycles. The maximum absolute atomic E-state index is 12.5. The number of fused-ring (bicyclic) bond motifs is 1. The molecule has 186 valence electrons. The molecule has 2 aliphatic rings. The number of ether oxygens (including phenoxy) is 2. The van der Waals surface area contributed by atoms with Crippen LogP contribution in [0, 0.1) is 0 Å². The summed E-state index contributed by atoms with van der Waals surface area (Å²) in [4.78, 5) is 40.3. The van der Waals surface area contributed by atoms with Gasteiger partial charge in [-0.25, -0.2) is 4.79 Å². The largest absolute Gasteiger partial charge is 0.482 e. The fourth-order valence-corrected chi connectivity index (χ4v) is 4.45. The van der Waals surface area contributed by atoms with E-state index in [-0.39, 0.29) is 11.7 Å². The normalized spacial score (nSPS) is 16.2. The molecule has 2 aromatic carbocycles. The van der Waals surface area contributed by atoms with Crippen LogP contribution in [0.5, 0.6) is 5.75 Å². The molecule has 2 aliphatic heterocycles. The van der Waals surface area contributed by atoms with Gasteiger partial charge in [-0.1, -0.05) is 42.5 Å². The Hall–Kier alpha value is -4.10. The minimum absolute atomic E-state index is 0.170. The standard InChI is InChI=1S/C27H28N4O5/c1-26(2,3)36-25(34)31-14-12-27(13-15-31)17-20(21-6-4-5-7-22(21)35-27)16-18-8-10-19(11-9-18)23(32)24(33)29-30-28/h4-11,17H,12-16H2,1-3H3. The summed E-state index contributed by atoms with van der Waals surface area (Å²) in [5.41, 5.74) is 10.5. The predicted octanol–water partition coefficient (Wildman–Crippen LogP) is 5.49. The zero-order valence-electron chi connectivity index (χ0n) is 20.6. The van der Waals surface area contributed by atoms with Crippen molar-refractivity contribution in [2.75, 3.05) is 13.1 Å². The fourth-order valence-electron chi connectivity index (χ4n) is 4.45. The quantitative estimate of drug-likeness (QED) is 0.185. The molecular formula is C27H28N4O5. The van der Waals surface area contributed by atoms with Crippen molar-refractivity contribution >= 4 is 23.4 Å². The summed E-state index contributed by atoms with van der Waals surface area (Å²) in [7, 11) is 0. The summed E-state index contributed by atoms with van der Waals surface area (Å²) >= 11 is 0. The van der Waals surface area contributed by atoms with Crippen molar-refractivity contribution in [2.24, 2.45) is 5.11 Å². The zero-order valence-corrected chi connectivity index (χ0v) is 20.6. The molecule has 1 spiro atoms. The van der Waals surface area contributed by atoms with Crippen molar-refractivity contribution < 1.29 is 23.9 Å². The number of benzene rings is 2. The highest BCUT2D eigenvalue weighted by Gasteiger charge is 2.40. The van der Waals surface area contributed by atoms with Crippen molar-refractivity contribution in [1.29, 1.82) is 0 Å². The van der Waals surface area contributed by atoms with E-state index >= 15 is 0 Å². The SMILES string of the molecule is CC(C)(C)OC(=O)N1CCC2(C=C(Cc3ccc(C(=O)C(=O)N=[N+]=[N-])cc3)c3ccccc3O2)CC1. The van der Waals surface area contributed by atoms with Crippen molar-refractivity contribution in [3.8, 4) is 5.75 Å². The van der Waals surface area contributed by atoms with Gasteiger partial charge in [-0.2, -0.15) is 0 Å². The Morgan fingerprint density at radius 1 is 1.08 bits per heavy atom. The molecule has 4 rings (SSSR count). The third kappa shape index (κ3) is 5.58. The molecule has 0 unspecified atom stereocenters. The lowest BCUT2D eigenvalue weighted by atomic mass is 9.83. The molecule has 9 nitrogen and oxygen atoms in total. The summed E-state index contributed by atoms with van der Waals surface area (Å²) in [5, 5.41) is 2.86. The number of nitrogens with zero attached hydrogens (tertiary/aromatic N) is 4. The number of ketones is 1. The van der Waals surface area contributed by atoms with E-state index in [9.17, 15) is 14.4 Å². The van der Waals surface area contributed by atoms with Gasteiger partial charge >= 0.3 is 6.09 Å². The smallest absolute Gasteiger partial charge is 0.410 e. The van der Waals surface area contributed by atoms with Gasteiger partial charge in [0, 0.05) is 42.0 Å². The van der Waals surface area contributed by atoms with Crippen molar-refractivity contribution in [2.45, 2.75) is 51.2 Å². The van der Waals surface area contributed by atoms with Crippen LogP contribution in [0.3, 0.4) is 0 Å². The van der Waals surface area contributed by atoms with E-state index in [2.05, 4.69) is 16.1 Å². The molecule has 1 fully saturated rings. The van der Waals surface area contributed by atoms with E-state index in [1.165, 1.54) is 0 Å². The average molecular weight is 489 g/mol. The Morgan fingerprint density at radius 3 is 2.39 bits per heavy atom. The molecule has 0 aliphatic carbocycles. The summed E-state index contributed by atoms with van der Waals surface area (Å²) in [6, 6.07) is 14.6. The lowest BCUT2D eigenvalue weighted by Crippen LogP contribution is -2.50. The van der Waals surface area contributed by atoms with E-state index in [1.807, 2.05) is 45.0 Å². The summed E-state index contributed by atoms with van der Waals surface area (Å²) in [6.45, 7) is 6.61. The first kappa shape index (κ1) is 25.0. The molecule has 9 heteroatoms. The van der Waals surface area contributed by atoms with Gasteiger partial charge in [0.25, 0.3) is 5.91 Å². The number of carbonyl (C=O) groups excluding carboxylic acids is 3.